The average molecular weight is 429 g/mol. The Bertz CT molecular complexity index is 627. The number of rotatable bonds is 6. The van der Waals surface area contributed by atoms with Crippen molar-refractivity contribution in [3.05, 3.63) is 64.9 Å². The van der Waals surface area contributed by atoms with Crippen molar-refractivity contribution in [2.75, 3.05) is 26.2 Å². The van der Waals surface area contributed by atoms with Crippen molar-refractivity contribution in [3.63, 3.8) is 0 Å². The standard InChI is InChI=1S/C20H23ClFNO.BrH/c21-18-3-1-16(2-4-18)15-17-9-11-23(12-10-17)13-14-24-20-7-5-19(22)6-8-20;/h1-8,17H,9-15H2;1H. The third kappa shape index (κ3) is 6.61. The van der Waals surface area contributed by atoms with Crippen molar-refractivity contribution in [1.82, 2.24) is 4.90 Å². The van der Waals surface area contributed by atoms with Gasteiger partial charge in [-0.05, 0) is 80.2 Å². The molecule has 5 heteroatoms. The third-order valence-corrected chi connectivity index (χ3v) is 4.89. The molecule has 0 spiro atoms. The van der Waals surface area contributed by atoms with Crippen LogP contribution in [0.4, 0.5) is 4.39 Å². The number of nitrogens with zero attached hydrogens (tertiary/aromatic N) is 1. The lowest BCUT2D eigenvalue weighted by Crippen LogP contribution is -2.37. The minimum atomic E-state index is -0.231. The number of likely N-dealkylation sites (tertiary alicyclic amines) is 1. The molecule has 1 aliphatic heterocycles. The van der Waals surface area contributed by atoms with Crippen LogP contribution in [-0.2, 0) is 6.42 Å². The lowest BCUT2D eigenvalue weighted by Gasteiger charge is -2.31. The summed E-state index contributed by atoms with van der Waals surface area (Å²) in [5.41, 5.74) is 1.37. The molecule has 0 unspecified atom stereocenters. The van der Waals surface area contributed by atoms with Gasteiger partial charge in [0.15, 0.2) is 0 Å². The zero-order chi connectivity index (χ0) is 16.8. The Hall–Kier alpha value is -1.10. The number of halogens is 3. The Labute approximate surface area is 164 Å². The molecule has 2 aromatic carbocycles. The van der Waals surface area contributed by atoms with Crippen molar-refractivity contribution in [2.45, 2.75) is 19.3 Å². The topological polar surface area (TPSA) is 12.5 Å². The second-order valence-corrected chi connectivity index (χ2v) is 6.85. The molecule has 0 saturated carbocycles. The molecule has 0 radical (unpaired) electrons. The molecule has 2 aromatic rings. The van der Waals surface area contributed by atoms with Crippen LogP contribution in [0.25, 0.3) is 0 Å². The quantitative estimate of drug-likeness (QED) is 0.611. The number of ether oxygens (including phenoxy) is 1. The van der Waals surface area contributed by atoms with Crippen LogP contribution in [0.1, 0.15) is 18.4 Å². The molecule has 3 rings (SSSR count). The fourth-order valence-electron chi connectivity index (χ4n) is 3.19. The molecule has 2 nitrogen and oxygen atoms in total. The number of piperidine rings is 1. The second kappa shape index (κ2) is 10.1. The predicted molar refractivity (Wildman–Crippen MR) is 107 cm³/mol. The van der Waals surface area contributed by atoms with Gasteiger partial charge in [0.05, 0.1) is 0 Å². The summed E-state index contributed by atoms with van der Waals surface area (Å²) < 4.78 is 18.5. The van der Waals surface area contributed by atoms with Gasteiger partial charge in [0.1, 0.15) is 18.2 Å². The van der Waals surface area contributed by atoms with Crippen molar-refractivity contribution in [3.8, 4) is 5.75 Å². The van der Waals surface area contributed by atoms with Crippen LogP contribution >= 0.6 is 28.6 Å². The highest BCUT2D eigenvalue weighted by atomic mass is 79.9. The molecule has 1 saturated heterocycles. The van der Waals surface area contributed by atoms with Crippen LogP contribution in [0.15, 0.2) is 48.5 Å². The molecule has 0 atom stereocenters. The van der Waals surface area contributed by atoms with Gasteiger partial charge >= 0.3 is 0 Å². The minimum Gasteiger partial charge on any atom is -0.492 e. The first kappa shape index (κ1) is 20.2. The van der Waals surface area contributed by atoms with Crippen molar-refractivity contribution in [1.29, 1.82) is 0 Å². The Morgan fingerprint density at radius 1 is 1.00 bits per heavy atom. The third-order valence-electron chi connectivity index (χ3n) is 4.63. The monoisotopic (exact) mass is 427 g/mol. The van der Waals surface area contributed by atoms with Gasteiger partial charge in [0, 0.05) is 11.6 Å². The highest BCUT2D eigenvalue weighted by molar-refractivity contribution is 8.93. The molecule has 136 valence electrons. The maximum absolute atomic E-state index is 12.8. The van der Waals surface area contributed by atoms with Gasteiger partial charge in [-0.15, -0.1) is 17.0 Å². The summed E-state index contributed by atoms with van der Waals surface area (Å²) in [6.45, 7) is 3.80. The highest BCUT2D eigenvalue weighted by Crippen LogP contribution is 2.22. The zero-order valence-electron chi connectivity index (χ0n) is 14.2. The molecule has 25 heavy (non-hydrogen) atoms. The lowest BCUT2D eigenvalue weighted by molar-refractivity contribution is 0.155. The number of hydrogen-bond donors (Lipinski definition) is 0. The van der Waals surface area contributed by atoms with E-state index < -0.39 is 0 Å². The Morgan fingerprint density at radius 2 is 1.64 bits per heavy atom. The first-order valence-electron chi connectivity index (χ1n) is 8.54. The van der Waals surface area contributed by atoms with Gasteiger partial charge in [-0.1, -0.05) is 23.7 Å². The molecule has 1 aliphatic rings. The SMILES string of the molecule is Br.Fc1ccc(OCCN2CCC(Cc3ccc(Cl)cc3)CC2)cc1. The Morgan fingerprint density at radius 3 is 2.28 bits per heavy atom. The Kier molecular flexibility index (Phi) is 8.20. The Balaban J connectivity index is 0.00000225. The molecule has 0 bridgehead atoms. The van der Waals surface area contributed by atoms with Crippen LogP contribution in [0.2, 0.25) is 5.02 Å². The summed E-state index contributed by atoms with van der Waals surface area (Å²) in [6.07, 6.45) is 3.58. The van der Waals surface area contributed by atoms with Gasteiger partial charge in [0.2, 0.25) is 0 Å². The van der Waals surface area contributed by atoms with E-state index in [9.17, 15) is 4.39 Å². The first-order chi connectivity index (χ1) is 11.7. The van der Waals surface area contributed by atoms with E-state index in [4.69, 9.17) is 16.3 Å². The maximum Gasteiger partial charge on any atom is 0.123 e. The smallest absolute Gasteiger partial charge is 0.123 e. The molecule has 0 aliphatic carbocycles. The van der Waals surface area contributed by atoms with E-state index in [-0.39, 0.29) is 22.8 Å². The fraction of sp³-hybridized carbons (Fsp3) is 0.400. The summed E-state index contributed by atoms with van der Waals surface area (Å²) in [7, 11) is 0. The minimum absolute atomic E-state index is 0. The maximum atomic E-state index is 12.8. The van der Waals surface area contributed by atoms with Crippen LogP contribution in [0.3, 0.4) is 0 Å². The molecule has 0 aromatic heterocycles. The van der Waals surface area contributed by atoms with Crippen LogP contribution in [0, 0.1) is 11.7 Å². The molecule has 0 N–H and O–H groups in total. The van der Waals surface area contributed by atoms with Crippen molar-refractivity contribution in [2.24, 2.45) is 5.92 Å². The van der Waals surface area contributed by atoms with E-state index >= 15 is 0 Å². The molecule has 1 fully saturated rings. The van der Waals surface area contributed by atoms with Crippen LogP contribution < -0.4 is 4.74 Å². The summed E-state index contributed by atoms with van der Waals surface area (Å²) in [6, 6.07) is 14.4. The first-order valence-corrected chi connectivity index (χ1v) is 8.92. The lowest BCUT2D eigenvalue weighted by atomic mass is 9.90. The van der Waals surface area contributed by atoms with Gasteiger partial charge in [0.25, 0.3) is 0 Å². The van der Waals surface area contributed by atoms with E-state index in [0.29, 0.717) is 6.61 Å². The van der Waals surface area contributed by atoms with E-state index in [1.807, 2.05) is 12.1 Å². The van der Waals surface area contributed by atoms with Crippen molar-refractivity contribution >= 4 is 28.6 Å². The zero-order valence-corrected chi connectivity index (χ0v) is 16.6. The second-order valence-electron chi connectivity index (χ2n) is 6.42. The van der Waals surface area contributed by atoms with Crippen LogP contribution in [-0.4, -0.2) is 31.1 Å². The molecule has 0 amide bonds. The fourth-order valence-corrected chi connectivity index (χ4v) is 3.32. The van der Waals surface area contributed by atoms with E-state index in [1.165, 1.54) is 30.5 Å². The molecule has 1 heterocycles. The van der Waals surface area contributed by atoms with E-state index in [2.05, 4.69) is 17.0 Å². The molecular formula is C20H24BrClFNO. The van der Waals surface area contributed by atoms with Gasteiger partial charge < -0.3 is 4.74 Å². The molecular weight excluding hydrogens is 405 g/mol. The van der Waals surface area contributed by atoms with Crippen molar-refractivity contribution < 1.29 is 9.13 Å². The van der Waals surface area contributed by atoms with Gasteiger partial charge in [-0.25, -0.2) is 4.39 Å². The largest absolute Gasteiger partial charge is 0.492 e. The summed E-state index contributed by atoms with van der Waals surface area (Å²) in [5, 5.41) is 0.801. The van der Waals surface area contributed by atoms with E-state index in [0.717, 1.165) is 42.7 Å². The number of hydrogen-bond acceptors (Lipinski definition) is 2. The number of benzene rings is 2. The van der Waals surface area contributed by atoms with E-state index in [1.54, 1.807) is 12.1 Å². The highest BCUT2D eigenvalue weighted by Gasteiger charge is 2.19. The van der Waals surface area contributed by atoms with Gasteiger partial charge in [-0.2, -0.15) is 0 Å². The van der Waals surface area contributed by atoms with Gasteiger partial charge in [-0.3, -0.25) is 4.90 Å². The van der Waals surface area contributed by atoms with Crippen LogP contribution in [0.5, 0.6) is 5.75 Å². The summed E-state index contributed by atoms with van der Waals surface area (Å²) in [4.78, 5) is 2.45. The average Bonchev–Trinajstić information content (AvgIpc) is 2.60. The normalized spacial score (nSPS) is 15.6. The predicted octanol–water partition coefficient (Wildman–Crippen LogP) is 5.39. The summed E-state index contributed by atoms with van der Waals surface area (Å²) >= 11 is 5.94. The summed E-state index contributed by atoms with van der Waals surface area (Å²) in [5.74, 6) is 1.25.